The van der Waals surface area contributed by atoms with Crippen molar-refractivity contribution in [1.29, 1.82) is 0 Å². The van der Waals surface area contributed by atoms with Crippen molar-refractivity contribution in [2.75, 3.05) is 0 Å². The molecule has 2 nitrogen and oxygen atoms in total. The summed E-state index contributed by atoms with van der Waals surface area (Å²) in [6.07, 6.45) is 2.46. The second-order valence-corrected chi connectivity index (χ2v) is 4.42. The van der Waals surface area contributed by atoms with Gasteiger partial charge in [-0.1, -0.05) is 22.0 Å². The van der Waals surface area contributed by atoms with Crippen molar-refractivity contribution in [2.24, 2.45) is 11.7 Å². The van der Waals surface area contributed by atoms with Gasteiger partial charge in [0, 0.05) is 10.5 Å². The largest absolute Gasteiger partial charge is 0.508 e. The van der Waals surface area contributed by atoms with Gasteiger partial charge in [-0.25, -0.2) is 0 Å². The Kier molecular flexibility index (Phi) is 2.30. The number of halogens is 1. The molecule has 0 amide bonds. The summed E-state index contributed by atoms with van der Waals surface area (Å²) in [5.41, 5.74) is 7.14. The molecule has 0 bridgehead atoms. The molecule has 70 valence electrons. The van der Waals surface area contributed by atoms with E-state index in [2.05, 4.69) is 15.9 Å². The lowest BCUT2D eigenvalue weighted by Gasteiger charge is -2.12. The predicted molar refractivity (Wildman–Crippen MR) is 55.5 cm³/mol. The van der Waals surface area contributed by atoms with Crippen molar-refractivity contribution in [3.63, 3.8) is 0 Å². The maximum Gasteiger partial charge on any atom is 0.116 e. The van der Waals surface area contributed by atoms with Gasteiger partial charge in [-0.15, -0.1) is 0 Å². The highest BCUT2D eigenvalue weighted by molar-refractivity contribution is 9.10. The van der Waals surface area contributed by atoms with Gasteiger partial charge in [0.05, 0.1) is 0 Å². The Morgan fingerprint density at radius 2 is 2.15 bits per heavy atom. The third kappa shape index (κ3) is 1.86. The third-order valence-electron chi connectivity index (χ3n) is 2.47. The molecule has 0 heterocycles. The van der Waals surface area contributed by atoms with E-state index in [1.807, 2.05) is 6.07 Å². The molecule has 0 aliphatic heterocycles. The Balaban J connectivity index is 2.28. The molecule has 1 saturated carbocycles. The van der Waals surface area contributed by atoms with E-state index in [1.54, 1.807) is 12.1 Å². The van der Waals surface area contributed by atoms with Crippen LogP contribution >= 0.6 is 15.9 Å². The first kappa shape index (κ1) is 9.03. The standard InChI is InChI=1S/C10H12BrNO/c11-9-5-7(13)3-4-8(9)10(12)6-1-2-6/h3-6,10,13H,1-2,12H2/t10-/m0/s1. The first-order chi connectivity index (χ1) is 6.18. The van der Waals surface area contributed by atoms with Gasteiger partial charge in [0.25, 0.3) is 0 Å². The van der Waals surface area contributed by atoms with Crippen molar-refractivity contribution in [3.8, 4) is 5.75 Å². The fourth-order valence-electron chi connectivity index (χ4n) is 1.50. The van der Waals surface area contributed by atoms with Crippen LogP contribution in [0.3, 0.4) is 0 Å². The molecular formula is C10H12BrNO. The molecule has 0 unspecified atom stereocenters. The van der Waals surface area contributed by atoms with E-state index in [9.17, 15) is 5.11 Å². The Bertz CT molecular complexity index is 323. The lowest BCUT2D eigenvalue weighted by Crippen LogP contribution is -2.12. The van der Waals surface area contributed by atoms with E-state index in [0.29, 0.717) is 5.92 Å². The number of hydrogen-bond acceptors (Lipinski definition) is 2. The van der Waals surface area contributed by atoms with Crippen LogP contribution in [0.25, 0.3) is 0 Å². The lowest BCUT2D eigenvalue weighted by atomic mass is 10.0. The second-order valence-electron chi connectivity index (χ2n) is 3.57. The van der Waals surface area contributed by atoms with Crippen LogP contribution in [0, 0.1) is 5.92 Å². The molecule has 0 saturated heterocycles. The van der Waals surface area contributed by atoms with Crippen LogP contribution in [0.5, 0.6) is 5.75 Å². The predicted octanol–water partition coefficient (Wildman–Crippen LogP) is 2.56. The smallest absolute Gasteiger partial charge is 0.116 e. The Labute approximate surface area is 85.9 Å². The Morgan fingerprint density at radius 1 is 1.46 bits per heavy atom. The molecule has 1 atom stereocenters. The van der Waals surface area contributed by atoms with E-state index in [1.165, 1.54) is 12.8 Å². The minimum atomic E-state index is 0.120. The topological polar surface area (TPSA) is 46.2 Å². The van der Waals surface area contributed by atoms with Crippen LogP contribution in [0.2, 0.25) is 0 Å². The summed E-state index contributed by atoms with van der Waals surface area (Å²) in [4.78, 5) is 0. The number of hydrogen-bond donors (Lipinski definition) is 2. The van der Waals surface area contributed by atoms with Crippen molar-refractivity contribution >= 4 is 15.9 Å². The van der Waals surface area contributed by atoms with Gasteiger partial charge in [-0.2, -0.15) is 0 Å². The summed E-state index contributed by atoms with van der Waals surface area (Å²) in [6.45, 7) is 0. The summed E-state index contributed by atoms with van der Waals surface area (Å²) in [5.74, 6) is 0.916. The fraction of sp³-hybridized carbons (Fsp3) is 0.400. The number of aromatic hydroxyl groups is 1. The molecule has 1 aliphatic carbocycles. The number of benzene rings is 1. The second kappa shape index (κ2) is 3.31. The van der Waals surface area contributed by atoms with E-state index in [0.717, 1.165) is 10.0 Å². The molecule has 1 aromatic carbocycles. The highest BCUT2D eigenvalue weighted by Gasteiger charge is 2.30. The third-order valence-corrected chi connectivity index (χ3v) is 3.16. The summed E-state index contributed by atoms with van der Waals surface area (Å²) < 4.78 is 0.909. The molecule has 3 N–H and O–H groups in total. The molecule has 1 aliphatic rings. The number of nitrogens with two attached hydrogens (primary N) is 1. The first-order valence-electron chi connectivity index (χ1n) is 4.42. The van der Waals surface area contributed by atoms with Gasteiger partial charge in [0.15, 0.2) is 0 Å². The summed E-state index contributed by atoms with van der Waals surface area (Å²) in [6, 6.07) is 5.39. The Hall–Kier alpha value is -0.540. The average Bonchev–Trinajstić information content (AvgIpc) is 2.85. The molecule has 0 aromatic heterocycles. The molecule has 13 heavy (non-hydrogen) atoms. The highest BCUT2D eigenvalue weighted by Crippen LogP contribution is 2.41. The van der Waals surface area contributed by atoms with Gasteiger partial charge in [-0.05, 0) is 36.5 Å². The summed E-state index contributed by atoms with van der Waals surface area (Å²) in [5, 5.41) is 9.20. The van der Waals surface area contributed by atoms with Crippen molar-refractivity contribution < 1.29 is 5.11 Å². The normalized spacial score (nSPS) is 18.6. The van der Waals surface area contributed by atoms with E-state index >= 15 is 0 Å². The zero-order valence-corrected chi connectivity index (χ0v) is 8.79. The van der Waals surface area contributed by atoms with Crippen molar-refractivity contribution in [1.82, 2.24) is 0 Å². The SMILES string of the molecule is N[C@H](c1ccc(O)cc1Br)C1CC1. The van der Waals surface area contributed by atoms with Crippen LogP contribution < -0.4 is 5.73 Å². The minimum Gasteiger partial charge on any atom is -0.508 e. The fourth-order valence-corrected chi connectivity index (χ4v) is 2.13. The number of phenols is 1. The maximum absolute atomic E-state index is 9.20. The maximum atomic E-state index is 9.20. The number of phenolic OH excluding ortho intramolecular Hbond substituents is 1. The monoisotopic (exact) mass is 241 g/mol. The molecule has 1 fully saturated rings. The molecule has 2 rings (SSSR count). The van der Waals surface area contributed by atoms with Crippen LogP contribution in [0.15, 0.2) is 22.7 Å². The average molecular weight is 242 g/mol. The van der Waals surface area contributed by atoms with Crippen molar-refractivity contribution in [2.45, 2.75) is 18.9 Å². The minimum absolute atomic E-state index is 0.120. The van der Waals surface area contributed by atoms with Crippen LogP contribution in [0.4, 0.5) is 0 Å². The molecule has 3 heteroatoms. The van der Waals surface area contributed by atoms with Gasteiger partial charge >= 0.3 is 0 Å². The highest BCUT2D eigenvalue weighted by atomic mass is 79.9. The quantitative estimate of drug-likeness (QED) is 0.837. The van der Waals surface area contributed by atoms with Gasteiger partial charge in [0.1, 0.15) is 5.75 Å². The molecule has 1 aromatic rings. The summed E-state index contributed by atoms with van der Waals surface area (Å²) >= 11 is 3.40. The van der Waals surface area contributed by atoms with Gasteiger partial charge in [-0.3, -0.25) is 0 Å². The van der Waals surface area contributed by atoms with Crippen molar-refractivity contribution in [3.05, 3.63) is 28.2 Å². The van der Waals surface area contributed by atoms with E-state index in [-0.39, 0.29) is 11.8 Å². The van der Waals surface area contributed by atoms with E-state index in [4.69, 9.17) is 5.73 Å². The van der Waals surface area contributed by atoms with Gasteiger partial charge in [0.2, 0.25) is 0 Å². The van der Waals surface area contributed by atoms with Crippen LogP contribution in [-0.4, -0.2) is 5.11 Å². The van der Waals surface area contributed by atoms with Crippen LogP contribution in [0.1, 0.15) is 24.4 Å². The molecular weight excluding hydrogens is 230 g/mol. The summed E-state index contributed by atoms with van der Waals surface area (Å²) in [7, 11) is 0. The van der Waals surface area contributed by atoms with E-state index < -0.39 is 0 Å². The zero-order chi connectivity index (χ0) is 9.42. The zero-order valence-electron chi connectivity index (χ0n) is 7.20. The first-order valence-corrected chi connectivity index (χ1v) is 5.22. The van der Waals surface area contributed by atoms with Crippen LogP contribution in [-0.2, 0) is 0 Å². The lowest BCUT2D eigenvalue weighted by molar-refractivity contribution is 0.474. The Morgan fingerprint density at radius 3 is 2.69 bits per heavy atom. The van der Waals surface area contributed by atoms with Gasteiger partial charge < -0.3 is 10.8 Å². The molecule has 0 radical (unpaired) electrons. The number of rotatable bonds is 2. The molecule has 0 spiro atoms.